The van der Waals surface area contributed by atoms with Gasteiger partial charge in [-0.15, -0.1) is 0 Å². The fourth-order valence-electron chi connectivity index (χ4n) is 3.22. The zero-order valence-electron chi connectivity index (χ0n) is 26.6. The van der Waals surface area contributed by atoms with Gasteiger partial charge in [0.2, 0.25) is 0 Å². The van der Waals surface area contributed by atoms with E-state index >= 15 is 0 Å². The minimum atomic E-state index is -10.7. The van der Waals surface area contributed by atoms with E-state index in [0.29, 0.717) is 0 Å². The Bertz CT molecular complexity index is 1910. The molecule has 0 aliphatic heterocycles. The maximum Gasteiger partial charge on any atom is 3.00 e. The molecule has 6 aromatic heterocycles. The van der Waals surface area contributed by atoms with E-state index in [0.717, 1.165) is 34.4 Å². The van der Waals surface area contributed by atoms with Gasteiger partial charge in [-0.25, -0.2) is 19.3 Å². The largest absolute Gasteiger partial charge is 3.00 e. The molecule has 56 heavy (non-hydrogen) atoms. The molecule has 0 radical (unpaired) electrons. The zero-order valence-corrected chi connectivity index (χ0v) is 30.3. The molecule has 30 heteroatoms. The van der Waals surface area contributed by atoms with Crippen LogP contribution in [0.25, 0.3) is 34.4 Å². The first-order chi connectivity index (χ1) is 24.2. The molecule has 6 rings (SSSR count). The fourth-order valence-corrected chi connectivity index (χ4v) is 3.22. The summed E-state index contributed by atoms with van der Waals surface area (Å²) in [5, 5.41) is 8.31. The van der Waals surface area contributed by atoms with E-state index in [1.54, 1.807) is 34.2 Å². The van der Waals surface area contributed by atoms with E-state index in [1.165, 1.54) is 0 Å². The van der Waals surface area contributed by atoms with Crippen molar-refractivity contribution in [1.29, 1.82) is 0 Å². The van der Waals surface area contributed by atoms with Gasteiger partial charge >= 0.3 is 116 Å². The van der Waals surface area contributed by atoms with Gasteiger partial charge < -0.3 is 0 Å². The molecule has 0 fully saturated rings. The first kappa shape index (κ1) is 49.6. The summed E-state index contributed by atoms with van der Waals surface area (Å²) < 4.78 is 181. The summed E-state index contributed by atoms with van der Waals surface area (Å²) in [6.45, 7) is 0. The quantitative estimate of drug-likeness (QED) is 0.129. The van der Waals surface area contributed by atoms with Gasteiger partial charge in [0.05, 0.1) is 22.8 Å². The summed E-state index contributed by atoms with van der Waals surface area (Å²) in [6, 6.07) is 26.9. The molecule has 0 aliphatic carbocycles. The topological polar surface area (TPSA) is 87.2 Å². The molecule has 6 heterocycles. The molecule has 0 spiro atoms. The predicted molar refractivity (Wildman–Crippen MR) is 170 cm³/mol. The molecule has 0 aromatic carbocycles. The van der Waals surface area contributed by atoms with E-state index in [4.69, 9.17) is 0 Å². The molecule has 0 bridgehead atoms. The van der Waals surface area contributed by atoms with Crippen LogP contribution in [0.15, 0.2) is 122 Å². The first-order valence-corrected chi connectivity index (χ1v) is 19.8. The Labute approximate surface area is 311 Å². The van der Waals surface area contributed by atoms with Crippen molar-refractivity contribution >= 4 is 23.4 Å². The van der Waals surface area contributed by atoms with Crippen molar-refractivity contribution in [3.63, 3.8) is 0 Å². The van der Waals surface area contributed by atoms with Crippen molar-refractivity contribution in [3.05, 3.63) is 122 Å². The SMILES string of the molecule is F[P-](F)(F)(F)(F)F.F[P-](F)(F)(F)(F)F.F[P-](F)(F)(F)(F)F.[Co+3].c1ccc(-c2cccc(-n3cccn3)n2)nc1.c1ccc(-c2cccc(-n3cccn3)n2)nc1. The van der Waals surface area contributed by atoms with Gasteiger partial charge in [-0.2, -0.15) is 10.2 Å². The second kappa shape index (κ2) is 15.1. The number of aromatic nitrogens is 8. The third-order valence-electron chi connectivity index (χ3n) is 4.80. The smallest absolute Gasteiger partial charge is 0.255 e. The van der Waals surface area contributed by atoms with Crippen LogP contribution >= 0.6 is 23.4 Å². The van der Waals surface area contributed by atoms with E-state index in [-0.39, 0.29) is 16.8 Å². The van der Waals surface area contributed by atoms with Crippen LogP contribution in [0.3, 0.4) is 0 Å². The second-order valence-electron chi connectivity index (χ2n) is 9.97. The van der Waals surface area contributed by atoms with Crippen LogP contribution in [-0.2, 0) is 16.8 Å². The minimum absolute atomic E-state index is 0. The number of rotatable bonds is 4. The monoisotopic (exact) mass is 938 g/mol. The second-order valence-corrected chi connectivity index (χ2v) is 15.7. The summed E-state index contributed by atoms with van der Waals surface area (Å²) in [7, 11) is -32.0. The number of hydrogen-bond acceptors (Lipinski definition) is 6. The van der Waals surface area contributed by atoms with E-state index in [1.807, 2.05) is 97.3 Å². The molecule has 6 aromatic rings. The average molecular weight is 938 g/mol. The molecular formula is C26H20CoF18N8P3. The van der Waals surface area contributed by atoms with Crippen molar-refractivity contribution in [2.45, 2.75) is 0 Å². The van der Waals surface area contributed by atoms with Gasteiger partial charge in [0.25, 0.3) is 0 Å². The average Bonchev–Trinajstić information content (AvgIpc) is 3.74. The Kier molecular flexibility index (Phi) is 13.4. The van der Waals surface area contributed by atoms with Gasteiger partial charge in [0.15, 0.2) is 11.6 Å². The molecule has 8 nitrogen and oxygen atoms in total. The normalized spacial score (nSPS) is 15.0. The third kappa shape index (κ3) is 30.8. The molecule has 0 saturated heterocycles. The minimum Gasteiger partial charge on any atom is -0.255 e. The maximum atomic E-state index is 9.87. The Morgan fingerprint density at radius 2 is 0.625 bits per heavy atom. The Morgan fingerprint density at radius 1 is 0.339 bits per heavy atom. The number of pyridine rings is 4. The van der Waals surface area contributed by atoms with Crippen molar-refractivity contribution < 1.29 is 92.3 Å². The van der Waals surface area contributed by atoms with Gasteiger partial charge in [-0.1, -0.05) is 24.3 Å². The van der Waals surface area contributed by atoms with Gasteiger partial charge in [0.1, 0.15) is 0 Å². The van der Waals surface area contributed by atoms with Crippen LogP contribution in [0.4, 0.5) is 75.5 Å². The Balaban J connectivity index is 0.000000376. The molecular weight excluding hydrogens is 918 g/mol. The molecule has 0 aliphatic rings. The van der Waals surface area contributed by atoms with Crippen LogP contribution in [0.2, 0.25) is 0 Å². The molecule has 0 N–H and O–H groups in total. The standard InChI is InChI=1S/2C13H10N4.Co.3F6P/c2*1-2-8-14-11(5-1)12-6-3-7-13(16-12)17-10-4-9-15-17;;3*1-7(2,3,4,5)6/h2*1-10H;;;;/q;;+3;3*-1. The molecule has 0 saturated carbocycles. The van der Waals surface area contributed by atoms with Crippen LogP contribution in [0, 0.1) is 0 Å². The summed E-state index contributed by atoms with van der Waals surface area (Å²) in [6.07, 6.45) is 10.7. The van der Waals surface area contributed by atoms with Crippen molar-refractivity contribution in [3.8, 4) is 34.4 Å². The summed E-state index contributed by atoms with van der Waals surface area (Å²) in [4.78, 5) is 17.6. The van der Waals surface area contributed by atoms with Crippen molar-refractivity contribution in [2.75, 3.05) is 0 Å². The Morgan fingerprint density at radius 3 is 0.857 bits per heavy atom. The van der Waals surface area contributed by atoms with Crippen LogP contribution in [0.5, 0.6) is 0 Å². The number of hydrogen-bond donors (Lipinski definition) is 0. The first-order valence-electron chi connectivity index (χ1n) is 13.7. The maximum absolute atomic E-state index is 10.7. The third-order valence-corrected chi connectivity index (χ3v) is 4.80. The van der Waals surface area contributed by atoms with E-state index in [2.05, 4.69) is 30.1 Å². The molecule has 0 unspecified atom stereocenters. The number of halogens is 18. The van der Waals surface area contributed by atoms with E-state index in [9.17, 15) is 75.5 Å². The molecule has 314 valence electrons. The van der Waals surface area contributed by atoms with Gasteiger partial charge in [-0.05, 0) is 60.7 Å². The Hall–Kier alpha value is -4.44. The fraction of sp³-hybridized carbons (Fsp3) is 0. The van der Waals surface area contributed by atoms with Crippen LogP contribution in [0.1, 0.15) is 0 Å². The predicted octanol–water partition coefficient (Wildman–Crippen LogP) is 14.8. The number of nitrogens with zero attached hydrogens (tertiary/aromatic N) is 8. The van der Waals surface area contributed by atoms with Crippen LogP contribution in [-0.4, -0.2) is 39.5 Å². The van der Waals surface area contributed by atoms with Gasteiger partial charge in [0, 0.05) is 37.2 Å². The summed E-state index contributed by atoms with van der Waals surface area (Å²) >= 11 is 0. The molecule has 0 atom stereocenters. The summed E-state index contributed by atoms with van der Waals surface area (Å²) in [5.74, 6) is 1.58. The van der Waals surface area contributed by atoms with E-state index < -0.39 is 23.4 Å². The summed E-state index contributed by atoms with van der Waals surface area (Å²) in [5.41, 5.74) is 3.42. The zero-order chi connectivity index (χ0) is 42.2. The van der Waals surface area contributed by atoms with Crippen LogP contribution < -0.4 is 0 Å². The van der Waals surface area contributed by atoms with Crippen molar-refractivity contribution in [2.24, 2.45) is 0 Å². The van der Waals surface area contributed by atoms with Gasteiger partial charge in [-0.3, -0.25) is 9.97 Å². The van der Waals surface area contributed by atoms with Crippen molar-refractivity contribution in [1.82, 2.24) is 39.5 Å². The molecule has 0 amide bonds.